The number of ether oxygens (including phenoxy) is 1. The molecule has 126 valence electrons. The summed E-state index contributed by atoms with van der Waals surface area (Å²) < 4.78 is 6.16. The van der Waals surface area contributed by atoms with Gasteiger partial charge in [-0.2, -0.15) is 0 Å². The molecule has 3 aromatic carbocycles. The zero-order valence-electron chi connectivity index (χ0n) is 13.8. The Morgan fingerprint density at radius 3 is 2.40 bits per heavy atom. The summed E-state index contributed by atoms with van der Waals surface area (Å²) in [5.74, 6) is 0.508. The zero-order valence-corrected chi connectivity index (χ0v) is 15.4. The Morgan fingerprint density at radius 2 is 1.68 bits per heavy atom. The molecular weight excluding hydrogens is 378 g/mol. The molecule has 3 nitrogen and oxygen atoms in total. The van der Waals surface area contributed by atoms with Crippen LogP contribution in [0, 0.1) is 0 Å². The molecular formula is C21H18BrNO2. The van der Waals surface area contributed by atoms with Gasteiger partial charge in [-0.15, -0.1) is 0 Å². The minimum Gasteiger partial charge on any atom is -0.497 e. The second kappa shape index (κ2) is 7.99. The Morgan fingerprint density at radius 1 is 0.960 bits per heavy atom. The van der Waals surface area contributed by atoms with E-state index < -0.39 is 0 Å². The van der Waals surface area contributed by atoms with E-state index in [1.807, 2.05) is 66.7 Å². The highest BCUT2D eigenvalue weighted by Gasteiger charge is 2.19. The van der Waals surface area contributed by atoms with Gasteiger partial charge in [-0.3, -0.25) is 4.79 Å². The van der Waals surface area contributed by atoms with E-state index in [0.717, 1.165) is 15.6 Å². The van der Waals surface area contributed by atoms with Crippen LogP contribution < -0.4 is 10.1 Å². The highest BCUT2D eigenvalue weighted by atomic mass is 79.9. The maximum atomic E-state index is 12.8. The third-order valence-electron chi connectivity index (χ3n) is 3.96. The fourth-order valence-corrected chi connectivity index (χ4v) is 3.19. The maximum absolute atomic E-state index is 12.8. The van der Waals surface area contributed by atoms with Crippen LogP contribution in [0.1, 0.15) is 27.5 Å². The fraction of sp³-hybridized carbons (Fsp3) is 0.0952. The number of methoxy groups -OCH3 is 1. The highest BCUT2D eigenvalue weighted by Crippen LogP contribution is 2.29. The number of amides is 1. The molecule has 0 radical (unpaired) electrons. The van der Waals surface area contributed by atoms with Gasteiger partial charge in [-0.25, -0.2) is 0 Å². The standard InChI is InChI=1S/C21H18BrNO2/c1-25-17-11-7-10-16(14-17)21(24)23-20(15-8-3-2-4-9-15)18-12-5-6-13-19(18)22/h2-14,20H,1H3,(H,23,24)/t20-/m1/s1. The van der Waals surface area contributed by atoms with Gasteiger partial charge in [0, 0.05) is 10.0 Å². The van der Waals surface area contributed by atoms with Crippen molar-refractivity contribution in [2.75, 3.05) is 7.11 Å². The summed E-state index contributed by atoms with van der Waals surface area (Å²) in [6.45, 7) is 0. The lowest BCUT2D eigenvalue weighted by molar-refractivity contribution is 0.0942. The Balaban J connectivity index is 1.95. The summed E-state index contributed by atoms with van der Waals surface area (Å²) in [5, 5.41) is 3.13. The molecule has 0 aliphatic rings. The van der Waals surface area contributed by atoms with Crippen LogP contribution >= 0.6 is 15.9 Å². The van der Waals surface area contributed by atoms with Gasteiger partial charge in [0.2, 0.25) is 0 Å². The van der Waals surface area contributed by atoms with Crippen LogP contribution in [0.5, 0.6) is 5.75 Å². The van der Waals surface area contributed by atoms with Crippen molar-refractivity contribution in [1.82, 2.24) is 5.32 Å². The molecule has 1 amide bonds. The van der Waals surface area contributed by atoms with E-state index in [9.17, 15) is 4.79 Å². The normalized spacial score (nSPS) is 11.6. The quantitative estimate of drug-likeness (QED) is 0.661. The molecule has 0 bridgehead atoms. The van der Waals surface area contributed by atoms with Crippen molar-refractivity contribution in [2.24, 2.45) is 0 Å². The minimum absolute atomic E-state index is 0.150. The van der Waals surface area contributed by atoms with Crippen LogP contribution in [0.4, 0.5) is 0 Å². The van der Waals surface area contributed by atoms with Crippen LogP contribution in [-0.4, -0.2) is 13.0 Å². The topological polar surface area (TPSA) is 38.3 Å². The third kappa shape index (κ3) is 4.09. The molecule has 0 spiro atoms. The Kier molecular flexibility index (Phi) is 5.51. The van der Waals surface area contributed by atoms with Crippen molar-refractivity contribution < 1.29 is 9.53 Å². The fourth-order valence-electron chi connectivity index (χ4n) is 2.67. The number of hydrogen-bond acceptors (Lipinski definition) is 2. The van der Waals surface area contributed by atoms with Gasteiger partial charge in [-0.05, 0) is 35.4 Å². The average molecular weight is 396 g/mol. The van der Waals surface area contributed by atoms with Gasteiger partial charge in [0.15, 0.2) is 0 Å². The van der Waals surface area contributed by atoms with Crippen molar-refractivity contribution in [3.05, 3.63) is 100 Å². The molecule has 3 rings (SSSR count). The minimum atomic E-state index is -0.254. The molecule has 25 heavy (non-hydrogen) atoms. The van der Waals surface area contributed by atoms with Gasteiger partial charge < -0.3 is 10.1 Å². The summed E-state index contributed by atoms with van der Waals surface area (Å²) in [6.07, 6.45) is 0. The molecule has 1 atom stereocenters. The molecule has 0 unspecified atom stereocenters. The summed E-state index contributed by atoms with van der Waals surface area (Å²) in [5.41, 5.74) is 2.59. The van der Waals surface area contributed by atoms with E-state index in [4.69, 9.17) is 4.74 Å². The number of carbonyl (C=O) groups excluding carboxylic acids is 1. The third-order valence-corrected chi connectivity index (χ3v) is 4.68. The first-order valence-corrected chi connectivity index (χ1v) is 8.72. The summed E-state index contributed by atoms with van der Waals surface area (Å²) in [7, 11) is 1.59. The number of halogens is 1. The predicted octanol–water partition coefficient (Wildman–Crippen LogP) is 4.98. The van der Waals surface area contributed by atoms with E-state index in [1.54, 1.807) is 19.2 Å². The largest absolute Gasteiger partial charge is 0.497 e. The first-order valence-electron chi connectivity index (χ1n) is 7.93. The summed E-state index contributed by atoms with van der Waals surface area (Å²) >= 11 is 3.59. The van der Waals surface area contributed by atoms with Crippen LogP contribution in [0.3, 0.4) is 0 Å². The second-order valence-electron chi connectivity index (χ2n) is 5.57. The molecule has 0 fully saturated rings. The number of carbonyl (C=O) groups is 1. The molecule has 0 saturated heterocycles. The zero-order chi connectivity index (χ0) is 17.6. The van der Waals surface area contributed by atoms with Crippen LogP contribution in [0.15, 0.2) is 83.3 Å². The SMILES string of the molecule is COc1cccc(C(=O)N[C@H](c2ccccc2)c2ccccc2Br)c1. The second-order valence-corrected chi connectivity index (χ2v) is 6.42. The molecule has 0 aliphatic heterocycles. The molecule has 3 aromatic rings. The van der Waals surface area contributed by atoms with Gasteiger partial charge in [0.05, 0.1) is 13.2 Å². The van der Waals surface area contributed by atoms with Crippen molar-refractivity contribution in [2.45, 2.75) is 6.04 Å². The molecule has 0 aromatic heterocycles. The van der Waals surface area contributed by atoms with E-state index in [0.29, 0.717) is 11.3 Å². The first-order chi connectivity index (χ1) is 12.2. The molecule has 4 heteroatoms. The van der Waals surface area contributed by atoms with Crippen molar-refractivity contribution >= 4 is 21.8 Å². The number of hydrogen-bond donors (Lipinski definition) is 1. The average Bonchev–Trinajstić information content (AvgIpc) is 2.67. The lowest BCUT2D eigenvalue weighted by Gasteiger charge is -2.21. The Hall–Kier alpha value is -2.59. The monoisotopic (exact) mass is 395 g/mol. The van der Waals surface area contributed by atoms with Crippen LogP contribution in [0.2, 0.25) is 0 Å². The molecule has 0 aliphatic carbocycles. The molecule has 0 heterocycles. The Bertz CT molecular complexity index is 865. The predicted molar refractivity (Wildman–Crippen MR) is 103 cm³/mol. The van der Waals surface area contributed by atoms with E-state index in [1.165, 1.54) is 0 Å². The van der Waals surface area contributed by atoms with Crippen LogP contribution in [0.25, 0.3) is 0 Å². The van der Waals surface area contributed by atoms with E-state index in [-0.39, 0.29) is 11.9 Å². The lowest BCUT2D eigenvalue weighted by Crippen LogP contribution is -2.29. The van der Waals surface area contributed by atoms with Gasteiger partial charge in [0.1, 0.15) is 5.75 Å². The van der Waals surface area contributed by atoms with E-state index in [2.05, 4.69) is 21.2 Å². The smallest absolute Gasteiger partial charge is 0.252 e. The number of benzene rings is 3. The Labute approximate surface area is 155 Å². The van der Waals surface area contributed by atoms with Gasteiger partial charge in [-0.1, -0.05) is 70.5 Å². The van der Waals surface area contributed by atoms with Crippen molar-refractivity contribution in [3.8, 4) is 5.75 Å². The first kappa shape index (κ1) is 17.2. The molecule has 0 saturated carbocycles. The number of nitrogens with one attached hydrogen (secondary N) is 1. The number of rotatable bonds is 5. The highest BCUT2D eigenvalue weighted by molar-refractivity contribution is 9.10. The van der Waals surface area contributed by atoms with Gasteiger partial charge >= 0.3 is 0 Å². The lowest BCUT2D eigenvalue weighted by atomic mass is 9.98. The van der Waals surface area contributed by atoms with Crippen molar-refractivity contribution in [3.63, 3.8) is 0 Å². The maximum Gasteiger partial charge on any atom is 0.252 e. The van der Waals surface area contributed by atoms with Gasteiger partial charge in [0.25, 0.3) is 5.91 Å². The van der Waals surface area contributed by atoms with Crippen molar-refractivity contribution in [1.29, 1.82) is 0 Å². The summed E-state index contributed by atoms with van der Waals surface area (Å²) in [4.78, 5) is 12.8. The van der Waals surface area contributed by atoms with E-state index >= 15 is 0 Å². The summed E-state index contributed by atoms with van der Waals surface area (Å²) in [6, 6.07) is 24.7. The molecule has 1 N–H and O–H groups in total. The van der Waals surface area contributed by atoms with Crippen LogP contribution in [-0.2, 0) is 0 Å².